The molecular formula is C14H18N6O3. The largest absolute Gasteiger partial charge is 0.481 e. The second-order valence-corrected chi connectivity index (χ2v) is 5.20. The van der Waals surface area contributed by atoms with E-state index in [2.05, 4.69) is 25.7 Å². The molecule has 1 fully saturated rings. The molecule has 1 aliphatic heterocycles. The monoisotopic (exact) mass is 318 g/mol. The Morgan fingerprint density at radius 2 is 2.22 bits per heavy atom. The van der Waals surface area contributed by atoms with Crippen molar-refractivity contribution in [2.45, 2.75) is 12.0 Å². The highest BCUT2D eigenvalue weighted by Gasteiger charge is 2.37. The van der Waals surface area contributed by atoms with E-state index in [0.717, 1.165) is 5.69 Å². The van der Waals surface area contributed by atoms with Crippen molar-refractivity contribution in [2.75, 3.05) is 32.6 Å². The first-order valence-corrected chi connectivity index (χ1v) is 7.15. The summed E-state index contributed by atoms with van der Waals surface area (Å²) in [6, 6.07) is 3.23. The number of amides is 2. The molecule has 1 aliphatic rings. The van der Waals surface area contributed by atoms with Crippen LogP contribution in [-0.4, -0.2) is 64.7 Å². The van der Waals surface area contributed by atoms with E-state index < -0.39 is 0 Å². The average Bonchev–Trinajstić information content (AvgIpc) is 3.24. The zero-order chi connectivity index (χ0) is 16.2. The number of pyridine rings is 1. The van der Waals surface area contributed by atoms with Gasteiger partial charge in [0.05, 0.1) is 42.9 Å². The standard InChI is InChI=1S/C14H18N6O3/c1-22-12-8-20(7-10(12)11-6-16-19-18-11)14(21)17-9-3-4-13(23-2)15-5-9/h3-6,10,12H,7-8H2,1-2H3,(H,17,21)(H,16,18,19)/t10-,12+/m0/s1. The molecule has 0 bridgehead atoms. The topological polar surface area (TPSA) is 105 Å². The Balaban J connectivity index is 1.65. The van der Waals surface area contributed by atoms with Gasteiger partial charge in [0.2, 0.25) is 5.88 Å². The fourth-order valence-electron chi connectivity index (χ4n) is 2.63. The van der Waals surface area contributed by atoms with Gasteiger partial charge >= 0.3 is 6.03 Å². The number of ether oxygens (including phenoxy) is 2. The maximum atomic E-state index is 12.4. The molecule has 3 heterocycles. The zero-order valence-electron chi connectivity index (χ0n) is 12.9. The summed E-state index contributed by atoms with van der Waals surface area (Å²) in [5.74, 6) is 0.494. The number of urea groups is 1. The number of hydrogen-bond donors (Lipinski definition) is 2. The minimum Gasteiger partial charge on any atom is -0.481 e. The summed E-state index contributed by atoms with van der Waals surface area (Å²) in [4.78, 5) is 18.2. The molecule has 9 heteroatoms. The molecule has 0 aliphatic carbocycles. The fourth-order valence-corrected chi connectivity index (χ4v) is 2.63. The second kappa shape index (κ2) is 6.61. The van der Waals surface area contributed by atoms with E-state index in [9.17, 15) is 4.79 Å². The number of anilines is 1. The van der Waals surface area contributed by atoms with Crippen molar-refractivity contribution in [1.29, 1.82) is 0 Å². The summed E-state index contributed by atoms with van der Waals surface area (Å²) in [5.41, 5.74) is 1.40. The number of carbonyl (C=O) groups excluding carboxylic acids is 1. The average molecular weight is 318 g/mol. The SMILES string of the molecule is COc1ccc(NC(=O)N2C[C@@H](OC)[C@H](c3cn[nH]n3)C2)cn1. The number of rotatable bonds is 4. The summed E-state index contributed by atoms with van der Waals surface area (Å²) in [6.45, 7) is 1.00. The van der Waals surface area contributed by atoms with E-state index >= 15 is 0 Å². The highest BCUT2D eigenvalue weighted by atomic mass is 16.5. The molecular weight excluding hydrogens is 300 g/mol. The van der Waals surface area contributed by atoms with Gasteiger partial charge in [-0.1, -0.05) is 0 Å². The van der Waals surface area contributed by atoms with Gasteiger partial charge in [-0.05, 0) is 6.07 Å². The molecule has 3 rings (SSSR count). The summed E-state index contributed by atoms with van der Waals surface area (Å²) in [6.07, 6.45) is 3.10. The van der Waals surface area contributed by atoms with Crippen LogP contribution in [0.15, 0.2) is 24.5 Å². The van der Waals surface area contributed by atoms with Crippen LogP contribution in [0, 0.1) is 0 Å². The van der Waals surface area contributed by atoms with Gasteiger partial charge in [0.1, 0.15) is 0 Å². The third kappa shape index (κ3) is 3.24. The van der Waals surface area contributed by atoms with Gasteiger partial charge in [-0.25, -0.2) is 9.78 Å². The Labute approximate surface area is 133 Å². The smallest absolute Gasteiger partial charge is 0.322 e. The minimum absolute atomic E-state index is 0.00140. The molecule has 0 spiro atoms. The second-order valence-electron chi connectivity index (χ2n) is 5.20. The van der Waals surface area contributed by atoms with Gasteiger partial charge in [-0.2, -0.15) is 15.4 Å². The quantitative estimate of drug-likeness (QED) is 0.866. The minimum atomic E-state index is -0.204. The normalized spacial score (nSPS) is 20.5. The van der Waals surface area contributed by atoms with E-state index in [1.165, 1.54) is 0 Å². The van der Waals surface area contributed by atoms with E-state index in [0.29, 0.717) is 24.7 Å². The van der Waals surface area contributed by atoms with E-state index in [1.54, 1.807) is 43.6 Å². The molecule has 0 radical (unpaired) electrons. The van der Waals surface area contributed by atoms with Gasteiger partial charge in [0, 0.05) is 26.3 Å². The van der Waals surface area contributed by atoms with Crippen LogP contribution in [0.3, 0.4) is 0 Å². The molecule has 0 saturated carbocycles. The Morgan fingerprint density at radius 3 is 2.83 bits per heavy atom. The van der Waals surface area contributed by atoms with Crippen LogP contribution in [0.4, 0.5) is 10.5 Å². The first-order chi connectivity index (χ1) is 11.2. The summed E-state index contributed by atoms with van der Waals surface area (Å²) >= 11 is 0. The summed E-state index contributed by atoms with van der Waals surface area (Å²) < 4.78 is 10.5. The number of aromatic nitrogens is 4. The number of methoxy groups -OCH3 is 2. The van der Waals surface area contributed by atoms with Gasteiger partial charge in [0.15, 0.2) is 0 Å². The highest BCUT2D eigenvalue weighted by Crippen LogP contribution is 2.28. The van der Waals surface area contributed by atoms with E-state index in [4.69, 9.17) is 9.47 Å². The Kier molecular flexibility index (Phi) is 4.38. The predicted octanol–water partition coefficient (Wildman–Crippen LogP) is 0.855. The first kappa shape index (κ1) is 15.2. The van der Waals surface area contributed by atoms with Crippen molar-refractivity contribution >= 4 is 11.7 Å². The van der Waals surface area contributed by atoms with Gasteiger partial charge in [-0.3, -0.25) is 0 Å². The molecule has 2 N–H and O–H groups in total. The third-order valence-corrected chi connectivity index (χ3v) is 3.87. The molecule has 2 aromatic heterocycles. The van der Waals surface area contributed by atoms with Crippen LogP contribution < -0.4 is 10.1 Å². The molecule has 9 nitrogen and oxygen atoms in total. The number of likely N-dealkylation sites (tertiary alicyclic amines) is 1. The molecule has 1 saturated heterocycles. The number of nitrogens with one attached hydrogen (secondary N) is 2. The predicted molar refractivity (Wildman–Crippen MR) is 81.3 cm³/mol. The molecule has 0 aromatic carbocycles. The zero-order valence-corrected chi connectivity index (χ0v) is 12.9. The Morgan fingerprint density at radius 1 is 1.35 bits per heavy atom. The van der Waals surface area contributed by atoms with Crippen molar-refractivity contribution < 1.29 is 14.3 Å². The van der Waals surface area contributed by atoms with Gasteiger partial charge < -0.3 is 19.7 Å². The molecule has 0 unspecified atom stereocenters. The number of carbonyl (C=O) groups is 1. The highest BCUT2D eigenvalue weighted by molar-refractivity contribution is 5.89. The van der Waals surface area contributed by atoms with Crippen molar-refractivity contribution in [3.8, 4) is 5.88 Å². The number of aromatic amines is 1. The van der Waals surface area contributed by atoms with Crippen molar-refractivity contribution in [2.24, 2.45) is 0 Å². The lowest BCUT2D eigenvalue weighted by Gasteiger charge is -2.16. The van der Waals surface area contributed by atoms with Crippen LogP contribution in [0.1, 0.15) is 11.6 Å². The van der Waals surface area contributed by atoms with Gasteiger partial charge in [0.25, 0.3) is 0 Å². The Hall–Kier alpha value is -2.68. The van der Waals surface area contributed by atoms with E-state index in [-0.39, 0.29) is 18.1 Å². The lowest BCUT2D eigenvalue weighted by Crippen LogP contribution is -2.33. The maximum absolute atomic E-state index is 12.4. The van der Waals surface area contributed by atoms with Crippen molar-refractivity contribution in [1.82, 2.24) is 25.3 Å². The molecule has 2 atom stereocenters. The fraction of sp³-hybridized carbons (Fsp3) is 0.429. The summed E-state index contributed by atoms with van der Waals surface area (Å²) in [5, 5.41) is 13.3. The molecule has 122 valence electrons. The lowest BCUT2D eigenvalue weighted by atomic mass is 10.0. The van der Waals surface area contributed by atoms with Crippen LogP contribution in [-0.2, 0) is 4.74 Å². The molecule has 23 heavy (non-hydrogen) atoms. The number of nitrogens with zero attached hydrogens (tertiary/aromatic N) is 4. The first-order valence-electron chi connectivity index (χ1n) is 7.15. The van der Waals surface area contributed by atoms with Crippen molar-refractivity contribution in [3.05, 3.63) is 30.2 Å². The molecule has 2 aromatic rings. The summed E-state index contributed by atoms with van der Waals surface area (Å²) in [7, 11) is 3.17. The van der Waals surface area contributed by atoms with Crippen LogP contribution in [0.25, 0.3) is 0 Å². The van der Waals surface area contributed by atoms with Crippen LogP contribution >= 0.6 is 0 Å². The lowest BCUT2D eigenvalue weighted by molar-refractivity contribution is 0.0987. The number of H-pyrrole nitrogens is 1. The van der Waals surface area contributed by atoms with Gasteiger partial charge in [-0.15, -0.1) is 0 Å². The number of hydrogen-bond acceptors (Lipinski definition) is 6. The van der Waals surface area contributed by atoms with Crippen LogP contribution in [0.5, 0.6) is 5.88 Å². The van der Waals surface area contributed by atoms with E-state index in [1.807, 2.05) is 0 Å². The van der Waals surface area contributed by atoms with Crippen LogP contribution in [0.2, 0.25) is 0 Å². The molecule has 2 amide bonds. The third-order valence-electron chi connectivity index (χ3n) is 3.87. The van der Waals surface area contributed by atoms with Crippen molar-refractivity contribution in [3.63, 3.8) is 0 Å². The Bertz CT molecular complexity index is 645. The maximum Gasteiger partial charge on any atom is 0.322 e.